The molecule has 0 radical (unpaired) electrons. The van der Waals surface area contributed by atoms with Crippen LogP contribution in [0.1, 0.15) is 23.7 Å². The highest BCUT2D eigenvalue weighted by Gasteiger charge is 2.15. The summed E-state index contributed by atoms with van der Waals surface area (Å²) in [5, 5.41) is 17.3. The van der Waals surface area contributed by atoms with Crippen molar-refractivity contribution in [3.05, 3.63) is 78.0 Å². The quantitative estimate of drug-likeness (QED) is 0.758. The van der Waals surface area contributed by atoms with Crippen LogP contribution in [-0.4, -0.2) is 20.8 Å². The molecule has 0 bridgehead atoms. The van der Waals surface area contributed by atoms with Gasteiger partial charge >= 0.3 is 0 Å². The Morgan fingerprint density at radius 3 is 2.42 bits per heavy atom. The van der Waals surface area contributed by atoms with Crippen molar-refractivity contribution in [1.82, 2.24) is 9.78 Å². The summed E-state index contributed by atoms with van der Waals surface area (Å²) in [5.41, 5.74) is 2.51. The molecule has 1 heterocycles. The molecule has 24 heavy (non-hydrogen) atoms. The second kappa shape index (κ2) is 7.10. The maximum Gasteiger partial charge on any atom is 0.228 e. The minimum absolute atomic E-state index is 0.0123. The molecule has 3 rings (SSSR count). The van der Waals surface area contributed by atoms with E-state index in [1.165, 1.54) is 0 Å². The van der Waals surface area contributed by atoms with Crippen molar-refractivity contribution in [3.63, 3.8) is 0 Å². The molecule has 0 saturated heterocycles. The van der Waals surface area contributed by atoms with Gasteiger partial charge in [0.2, 0.25) is 5.91 Å². The van der Waals surface area contributed by atoms with E-state index in [1.54, 1.807) is 16.8 Å². The van der Waals surface area contributed by atoms with Crippen molar-refractivity contribution < 1.29 is 9.90 Å². The number of hydrogen-bond acceptors (Lipinski definition) is 3. The lowest BCUT2D eigenvalue weighted by atomic mass is 10.1. The largest absolute Gasteiger partial charge is 0.388 e. The smallest absolute Gasteiger partial charge is 0.228 e. The molecule has 0 aliphatic heterocycles. The maximum absolute atomic E-state index is 12.2. The molecule has 1 unspecified atom stereocenters. The third-order valence-electron chi connectivity index (χ3n) is 3.74. The number of carbonyl (C=O) groups is 1. The number of aromatic nitrogens is 2. The van der Waals surface area contributed by atoms with E-state index in [4.69, 9.17) is 0 Å². The van der Waals surface area contributed by atoms with Gasteiger partial charge in [-0.1, -0.05) is 48.5 Å². The van der Waals surface area contributed by atoms with E-state index in [2.05, 4.69) is 10.4 Å². The number of aliphatic hydroxyl groups is 1. The average Bonchev–Trinajstić information content (AvgIpc) is 2.97. The first-order chi connectivity index (χ1) is 11.6. The van der Waals surface area contributed by atoms with Gasteiger partial charge in [-0.3, -0.25) is 4.79 Å². The highest BCUT2D eigenvalue weighted by atomic mass is 16.3. The monoisotopic (exact) mass is 321 g/mol. The molecule has 122 valence electrons. The topological polar surface area (TPSA) is 67.2 Å². The van der Waals surface area contributed by atoms with Gasteiger partial charge in [0.15, 0.2) is 5.82 Å². The number of aliphatic hydroxyl groups excluding tert-OH is 1. The maximum atomic E-state index is 12.2. The standard InChI is InChI=1S/C19H19N3O2/c1-14-13-22(16-10-6-3-7-11-16)21-19(14)20-18(24)12-17(23)15-8-4-2-5-9-15/h2-11,13,17,23H,12H2,1H3,(H,20,21,24). The molecule has 0 fully saturated rings. The van der Waals surface area contributed by atoms with Gasteiger partial charge < -0.3 is 10.4 Å². The van der Waals surface area contributed by atoms with Crippen LogP contribution in [0.3, 0.4) is 0 Å². The fraction of sp³-hybridized carbons (Fsp3) is 0.158. The molecule has 0 saturated carbocycles. The number of para-hydroxylation sites is 1. The minimum Gasteiger partial charge on any atom is -0.388 e. The summed E-state index contributed by atoms with van der Waals surface area (Å²) in [5.74, 6) is 0.233. The Hall–Kier alpha value is -2.92. The first-order valence-corrected chi connectivity index (χ1v) is 7.78. The fourth-order valence-corrected chi connectivity index (χ4v) is 2.45. The van der Waals surface area contributed by atoms with Crippen molar-refractivity contribution in [2.24, 2.45) is 0 Å². The number of aryl methyl sites for hydroxylation is 1. The van der Waals surface area contributed by atoms with Crippen LogP contribution in [-0.2, 0) is 4.79 Å². The van der Waals surface area contributed by atoms with Crippen LogP contribution in [0.4, 0.5) is 5.82 Å². The van der Waals surface area contributed by atoms with Gasteiger partial charge in [-0.25, -0.2) is 4.68 Å². The average molecular weight is 321 g/mol. The van der Waals surface area contributed by atoms with E-state index in [-0.39, 0.29) is 12.3 Å². The van der Waals surface area contributed by atoms with E-state index >= 15 is 0 Å². The number of carbonyl (C=O) groups excluding carboxylic acids is 1. The summed E-state index contributed by atoms with van der Waals surface area (Å²) in [6.07, 6.45) is 1.02. The van der Waals surface area contributed by atoms with E-state index in [0.29, 0.717) is 5.82 Å². The predicted molar refractivity (Wildman–Crippen MR) is 92.9 cm³/mol. The van der Waals surface area contributed by atoms with Gasteiger partial charge in [-0.15, -0.1) is 5.10 Å². The van der Waals surface area contributed by atoms with Crippen molar-refractivity contribution in [2.45, 2.75) is 19.4 Å². The van der Waals surface area contributed by atoms with Crippen LogP contribution in [0.2, 0.25) is 0 Å². The van der Waals surface area contributed by atoms with Crippen molar-refractivity contribution in [2.75, 3.05) is 5.32 Å². The van der Waals surface area contributed by atoms with Crippen molar-refractivity contribution in [3.8, 4) is 5.69 Å². The number of hydrogen-bond donors (Lipinski definition) is 2. The molecule has 1 amide bonds. The molecular formula is C19H19N3O2. The number of anilines is 1. The lowest BCUT2D eigenvalue weighted by Crippen LogP contribution is -2.16. The summed E-state index contributed by atoms with van der Waals surface area (Å²) in [4.78, 5) is 12.2. The Bertz CT molecular complexity index is 813. The molecule has 0 spiro atoms. The Morgan fingerprint density at radius 1 is 1.12 bits per heavy atom. The van der Waals surface area contributed by atoms with Gasteiger partial charge in [0.05, 0.1) is 18.2 Å². The molecule has 1 aromatic heterocycles. The summed E-state index contributed by atoms with van der Waals surface area (Å²) in [7, 11) is 0. The van der Waals surface area contributed by atoms with E-state index in [0.717, 1.165) is 16.8 Å². The Balaban J connectivity index is 1.68. The second-order valence-electron chi connectivity index (χ2n) is 5.62. The van der Waals surface area contributed by atoms with Gasteiger partial charge in [-0.05, 0) is 24.6 Å². The molecule has 1 atom stereocenters. The molecule has 2 aromatic carbocycles. The van der Waals surface area contributed by atoms with Crippen molar-refractivity contribution >= 4 is 11.7 Å². The van der Waals surface area contributed by atoms with Crippen LogP contribution in [0.5, 0.6) is 0 Å². The number of rotatable bonds is 5. The molecule has 2 N–H and O–H groups in total. The van der Waals surface area contributed by atoms with E-state index in [1.807, 2.05) is 61.7 Å². The molecule has 3 aromatic rings. The summed E-state index contributed by atoms with van der Waals surface area (Å²) < 4.78 is 1.72. The first kappa shape index (κ1) is 16.0. The third-order valence-corrected chi connectivity index (χ3v) is 3.74. The second-order valence-corrected chi connectivity index (χ2v) is 5.62. The molecular weight excluding hydrogens is 302 g/mol. The highest BCUT2D eigenvalue weighted by Crippen LogP contribution is 2.19. The molecule has 0 aliphatic rings. The van der Waals surface area contributed by atoms with Crippen LogP contribution in [0.15, 0.2) is 66.9 Å². The van der Waals surface area contributed by atoms with Crippen LogP contribution in [0.25, 0.3) is 5.69 Å². The fourth-order valence-electron chi connectivity index (χ4n) is 2.45. The SMILES string of the molecule is Cc1cn(-c2ccccc2)nc1NC(=O)CC(O)c1ccccc1. The third kappa shape index (κ3) is 3.70. The summed E-state index contributed by atoms with van der Waals surface area (Å²) in [6.45, 7) is 1.88. The first-order valence-electron chi connectivity index (χ1n) is 7.78. The predicted octanol–water partition coefficient (Wildman–Crippen LogP) is 3.24. The Morgan fingerprint density at radius 2 is 1.75 bits per heavy atom. The van der Waals surface area contributed by atoms with Crippen molar-refractivity contribution in [1.29, 1.82) is 0 Å². The van der Waals surface area contributed by atoms with Crippen LogP contribution >= 0.6 is 0 Å². The number of nitrogens with zero attached hydrogens (tertiary/aromatic N) is 2. The molecule has 5 nitrogen and oxygen atoms in total. The van der Waals surface area contributed by atoms with Gasteiger partial charge in [0.25, 0.3) is 0 Å². The zero-order valence-electron chi connectivity index (χ0n) is 13.4. The van der Waals surface area contributed by atoms with Crippen LogP contribution < -0.4 is 5.32 Å². The van der Waals surface area contributed by atoms with E-state index in [9.17, 15) is 9.90 Å². The highest BCUT2D eigenvalue weighted by molar-refractivity contribution is 5.90. The van der Waals surface area contributed by atoms with E-state index < -0.39 is 6.10 Å². The summed E-state index contributed by atoms with van der Waals surface area (Å²) >= 11 is 0. The summed E-state index contributed by atoms with van der Waals surface area (Å²) in [6, 6.07) is 18.8. The zero-order valence-corrected chi connectivity index (χ0v) is 13.4. The normalized spacial score (nSPS) is 11.9. The number of amides is 1. The molecule has 0 aliphatic carbocycles. The minimum atomic E-state index is -0.831. The molecule has 5 heteroatoms. The van der Waals surface area contributed by atoms with Crippen LogP contribution in [0, 0.1) is 6.92 Å². The van der Waals surface area contributed by atoms with Gasteiger partial charge in [0, 0.05) is 11.8 Å². The zero-order chi connectivity index (χ0) is 16.9. The number of benzene rings is 2. The lowest BCUT2D eigenvalue weighted by molar-refractivity contribution is -0.118. The number of nitrogens with one attached hydrogen (secondary N) is 1. The lowest BCUT2D eigenvalue weighted by Gasteiger charge is -2.10. The van der Waals surface area contributed by atoms with Gasteiger partial charge in [-0.2, -0.15) is 0 Å². The van der Waals surface area contributed by atoms with Gasteiger partial charge in [0.1, 0.15) is 0 Å². The Kier molecular flexibility index (Phi) is 4.72. The Labute approximate surface area is 140 Å².